The first-order valence-corrected chi connectivity index (χ1v) is 9.74. The number of hydrogen-bond acceptors (Lipinski definition) is 3. The zero-order chi connectivity index (χ0) is 19.9. The SMILES string of the molecule is CC(C)(C)OC(=O)N1CCC2(Cc3ccc(-c4ccccc4)cc3NC2=O)C1. The van der Waals surface area contributed by atoms with E-state index in [9.17, 15) is 9.59 Å². The largest absolute Gasteiger partial charge is 0.444 e. The Labute approximate surface area is 165 Å². The lowest BCUT2D eigenvalue weighted by Crippen LogP contribution is -2.45. The van der Waals surface area contributed by atoms with Gasteiger partial charge in [-0.3, -0.25) is 4.79 Å². The molecule has 1 unspecified atom stereocenters. The summed E-state index contributed by atoms with van der Waals surface area (Å²) in [6.07, 6.45) is 0.947. The van der Waals surface area contributed by atoms with Crippen LogP contribution >= 0.6 is 0 Å². The molecule has 4 rings (SSSR count). The van der Waals surface area contributed by atoms with Crippen molar-refractivity contribution in [2.75, 3.05) is 18.4 Å². The van der Waals surface area contributed by atoms with Gasteiger partial charge in [0.25, 0.3) is 0 Å². The quantitative estimate of drug-likeness (QED) is 0.796. The number of likely N-dealkylation sites (tertiary alicyclic amines) is 1. The summed E-state index contributed by atoms with van der Waals surface area (Å²) in [6.45, 7) is 6.49. The van der Waals surface area contributed by atoms with Crippen LogP contribution in [0.1, 0.15) is 32.8 Å². The molecule has 1 spiro atoms. The van der Waals surface area contributed by atoms with Gasteiger partial charge in [0.2, 0.25) is 5.91 Å². The lowest BCUT2D eigenvalue weighted by atomic mass is 9.76. The number of rotatable bonds is 1. The molecule has 2 heterocycles. The van der Waals surface area contributed by atoms with Crippen molar-refractivity contribution in [1.29, 1.82) is 0 Å². The fraction of sp³-hybridized carbons (Fsp3) is 0.391. The Balaban J connectivity index is 1.54. The predicted molar refractivity (Wildman–Crippen MR) is 109 cm³/mol. The molecule has 146 valence electrons. The van der Waals surface area contributed by atoms with E-state index in [1.165, 1.54) is 0 Å². The first-order valence-electron chi connectivity index (χ1n) is 9.74. The maximum Gasteiger partial charge on any atom is 0.410 e. The second kappa shape index (κ2) is 6.66. The van der Waals surface area contributed by atoms with Gasteiger partial charge in [0, 0.05) is 18.8 Å². The third-order valence-corrected chi connectivity index (χ3v) is 5.48. The highest BCUT2D eigenvalue weighted by atomic mass is 16.6. The second-order valence-electron chi connectivity index (χ2n) is 8.80. The maximum atomic E-state index is 13.0. The molecule has 1 N–H and O–H groups in total. The summed E-state index contributed by atoms with van der Waals surface area (Å²) in [4.78, 5) is 27.1. The smallest absolute Gasteiger partial charge is 0.410 e. The van der Waals surface area contributed by atoms with Crippen LogP contribution in [0.4, 0.5) is 10.5 Å². The van der Waals surface area contributed by atoms with Crippen molar-refractivity contribution >= 4 is 17.7 Å². The summed E-state index contributed by atoms with van der Waals surface area (Å²) in [7, 11) is 0. The first-order chi connectivity index (χ1) is 13.3. The van der Waals surface area contributed by atoms with E-state index < -0.39 is 11.0 Å². The third-order valence-electron chi connectivity index (χ3n) is 5.48. The van der Waals surface area contributed by atoms with Gasteiger partial charge in [0.15, 0.2) is 0 Å². The normalized spacial score (nSPS) is 21.4. The van der Waals surface area contributed by atoms with Gasteiger partial charge in [-0.05, 0) is 56.4 Å². The standard InChI is InChI=1S/C23H26N2O3/c1-22(2,3)28-21(27)25-12-11-23(15-25)14-18-10-9-17(13-19(18)24-20(23)26)16-7-5-4-6-8-16/h4-10,13H,11-12,14-15H2,1-3H3,(H,24,26). The number of nitrogens with zero attached hydrogens (tertiary/aromatic N) is 1. The van der Waals surface area contributed by atoms with Gasteiger partial charge in [-0.25, -0.2) is 4.79 Å². The fourth-order valence-electron chi connectivity index (χ4n) is 4.04. The Morgan fingerprint density at radius 2 is 1.86 bits per heavy atom. The summed E-state index contributed by atoms with van der Waals surface area (Å²) in [5.74, 6) is -0.00345. The van der Waals surface area contributed by atoms with Gasteiger partial charge in [0.05, 0.1) is 5.41 Å². The van der Waals surface area contributed by atoms with E-state index in [2.05, 4.69) is 29.6 Å². The van der Waals surface area contributed by atoms with Gasteiger partial charge in [-0.2, -0.15) is 0 Å². The van der Waals surface area contributed by atoms with E-state index in [0.29, 0.717) is 25.9 Å². The molecule has 0 radical (unpaired) electrons. The summed E-state index contributed by atoms with van der Waals surface area (Å²) in [5, 5.41) is 3.09. The van der Waals surface area contributed by atoms with Crippen LogP contribution in [0.25, 0.3) is 11.1 Å². The molecule has 0 bridgehead atoms. The molecular formula is C23H26N2O3. The van der Waals surface area contributed by atoms with Crippen LogP contribution in [-0.4, -0.2) is 35.6 Å². The van der Waals surface area contributed by atoms with Crippen molar-refractivity contribution in [1.82, 2.24) is 4.90 Å². The van der Waals surface area contributed by atoms with E-state index in [0.717, 1.165) is 22.4 Å². The molecule has 1 atom stereocenters. The van der Waals surface area contributed by atoms with Crippen LogP contribution in [0.2, 0.25) is 0 Å². The Morgan fingerprint density at radius 1 is 1.11 bits per heavy atom. The van der Waals surface area contributed by atoms with Crippen LogP contribution in [0.15, 0.2) is 48.5 Å². The monoisotopic (exact) mass is 378 g/mol. The highest BCUT2D eigenvalue weighted by molar-refractivity contribution is 6.00. The van der Waals surface area contributed by atoms with Crippen molar-refractivity contribution in [3.05, 3.63) is 54.1 Å². The zero-order valence-corrected chi connectivity index (χ0v) is 16.6. The molecule has 28 heavy (non-hydrogen) atoms. The van der Waals surface area contributed by atoms with Gasteiger partial charge < -0.3 is 15.0 Å². The minimum atomic E-state index is -0.571. The minimum Gasteiger partial charge on any atom is -0.444 e. The molecule has 2 aromatic carbocycles. The molecule has 2 amide bonds. The number of fused-ring (bicyclic) bond motifs is 1. The fourth-order valence-corrected chi connectivity index (χ4v) is 4.04. The van der Waals surface area contributed by atoms with Crippen LogP contribution in [0, 0.1) is 5.41 Å². The van der Waals surface area contributed by atoms with Gasteiger partial charge >= 0.3 is 6.09 Å². The number of nitrogens with one attached hydrogen (secondary N) is 1. The maximum absolute atomic E-state index is 13.0. The number of carbonyl (C=O) groups excluding carboxylic acids is 2. The number of amides is 2. The first kappa shape index (κ1) is 18.5. The van der Waals surface area contributed by atoms with E-state index in [1.807, 2.05) is 45.0 Å². The highest BCUT2D eigenvalue weighted by Gasteiger charge is 2.49. The third kappa shape index (κ3) is 3.49. The molecule has 0 aromatic heterocycles. The van der Waals surface area contributed by atoms with Crippen LogP contribution in [-0.2, 0) is 16.0 Å². The Bertz CT molecular complexity index is 917. The number of hydrogen-bond donors (Lipinski definition) is 1. The molecule has 0 saturated carbocycles. The Kier molecular flexibility index (Phi) is 4.41. The molecule has 5 nitrogen and oxygen atoms in total. The van der Waals surface area contributed by atoms with E-state index in [4.69, 9.17) is 4.74 Å². The predicted octanol–water partition coefficient (Wildman–Crippen LogP) is 4.48. The summed E-state index contributed by atoms with van der Waals surface area (Å²) in [6, 6.07) is 16.3. The van der Waals surface area contributed by atoms with Crippen molar-refractivity contribution in [3.8, 4) is 11.1 Å². The highest BCUT2D eigenvalue weighted by Crippen LogP contribution is 2.42. The van der Waals surface area contributed by atoms with Crippen molar-refractivity contribution in [2.24, 2.45) is 5.41 Å². The Hall–Kier alpha value is -2.82. The minimum absolute atomic E-state index is 0.00345. The summed E-state index contributed by atoms with van der Waals surface area (Å²) in [5.41, 5.74) is 3.08. The lowest BCUT2D eigenvalue weighted by Gasteiger charge is -2.34. The number of ether oxygens (including phenoxy) is 1. The molecular weight excluding hydrogens is 352 g/mol. The van der Waals surface area contributed by atoms with Gasteiger partial charge in [-0.1, -0.05) is 42.5 Å². The van der Waals surface area contributed by atoms with Crippen molar-refractivity contribution in [2.45, 2.75) is 39.2 Å². The average molecular weight is 378 g/mol. The molecule has 2 aliphatic heterocycles. The molecule has 2 aromatic rings. The van der Waals surface area contributed by atoms with Crippen LogP contribution in [0.5, 0.6) is 0 Å². The number of anilines is 1. The zero-order valence-electron chi connectivity index (χ0n) is 16.6. The van der Waals surface area contributed by atoms with Crippen molar-refractivity contribution < 1.29 is 14.3 Å². The Morgan fingerprint density at radius 3 is 2.57 bits per heavy atom. The van der Waals surface area contributed by atoms with Gasteiger partial charge in [-0.15, -0.1) is 0 Å². The van der Waals surface area contributed by atoms with Crippen LogP contribution in [0.3, 0.4) is 0 Å². The van der Waals surface area contributed by atoms with E-state index in [-0.39, 0.29) is 12.0 Å². The number of benzene rings is 2. The summed E-state index contributed by atoms with van der Waals surface area (Å²) >= 11 is 0. The van der Waals surface area contributed by atoms with Crippen molar-refractivity contribution in [3.63, 3.8) is 0 Å². The van der Waals surface area contributed by atoms with E-state index in [1.54, 1.807) is 4.90 Å². The second-order valence-corrected chi connectivity index (χ2v) is 8.80. The molecule has 1 fully saturated rings. The summed E-state index contributed by atoms with van der Waals surface area (Å²) < 4.78 is 5.48. The van der Waals surface area contributed by atoms with Crippen LogP contribution < -0.4 is 5.32 Å². The van der Waals surface area contributed by atoms with E-state index >= 15 is 0 Å². The molecule has 5 heteroatoms. The lowest BCUT2D eigenvalue weighted by molar-refractivity contribution is -0.125. The molecule has 2 aliphatic rings. The molecule has 1 saturated heterocycles. The topological polar surface area (TPSA) is 58.6 Å². The average Bonchev–Trinajstić information content (AvgIpc) is 3.07. The van der Waals surface area contributed by atoms with Gasteiger partial charge in [0.1, 0.15) is 5.60 Å². The molecule has 0 aliphatic carbocycles. The number of carbonyl (C=O) groups is 2.